The molecule has 0 aliphatic rings. The molecule has 35 heavy (non-hydrogen) atoms. The van der Waals surface area contributed by atoms with Crippen molar-refractivity contribution in [2.24, 2.45) is 0 Å². The van der Waals surface area contributed by atoms with Crippen LogP contribution in [-0.2, 0) is 15.7 Å². The third-order valence-corrected chi connectivity index (χ3v) is 6.52. The van der Waals surface area contributed by atoms with Crippen LogP contribution in [0.1, 0.15) is 39.8 Å². The number of hydrogen-bond donors (Lipinski definition) is 1. The molecule has 0 aliphatic carbocycles. The van der Waals surface area contributed by atoms with Crippen molar-refractivity contribution in [2.45, 2.75) is 45.1 Å². The predicted octanol–water partition coefficient (Wildman–Crippen LogP) is 5.63. The van der Waals surface area contributed by atoms with Crippen LogP contribution in [0.15, 0.2) is 55.0 Å². The van der Waals surface area contributed by atoms with Crippen molar-refractivity contribution in [3.8, 4) is 22.9 Å². The molecule has 0 bridgehead atoms. The van der Waals surface area contributed by atoms with Gasteiger partial charge in [-0.1, -0.05) is 13.8 Å². The Hall–Kier alpha value is -4.25. The van der Waals surface area contributed by atoms with Gasteiger partial charge in [0.25, 0.3) is 0 Å². The Morgan fingerprint density at radius 1 is 1.14 bits per heavy atom. The minimum absolute atomic E-state index is 0.269. The number of aldehydes is 1. The molecule has 0 saturated carbocycles. The van der Waals surface area contributed by atoms with Gasteiger partial charge in [0.1, 0.15) is 17.6 Å². The van der Waals surface area contributed by atoms with Gasteiger partial charge in [0.15, 0.2) is 0 Å². The highest BCUT2D eigenvalue weighted by molar-refractivity contribution is 6.05. The van der Waals surface area contributed by atoms with Gasteiger partial charge in [0.05, 0.1) is 29.5 Å². The molecule has 0 aliphatic heterocycles. The van der Waals surface area contributed by atoms with Crippen molar-refractivity contribution >= 4 is 28.1 Å². The molecule has 0 saturated heterocycles. The summed E-state index contributed by atoms with van der Waals surface area (Å²) in [6.07, 6.45) is 6.51. The minimum atomic E-state index is -0.813. The van der Waals surface area contributed by atoms with E-state index in [1.807, 2.05) is 32.2 Å². The van der Waals surface area contributed by atoms with Gasteiger partial charge in [-0.3, -0.25) is 9.78 Å². The highest BCUT2D eigenvalue weighted by Crippen LogP contribution is 2.45. The van der Waals surface area contributed by atoms with E-state index in [4.69, 9.17) is 0 Å². The average molecular weight is 469 g/mol. The van der Waals surface area contributed by atoms with Crippen molar-refractivity contribution in [3.05, 3.63) is 66.5 Å². The van der Waals surface area contributed by atoms with E-state index < -0.39 is 11.0 Å². The van der Waals surface area contributed by atoms with Crippen molar-refractivity contribution in [3.63, 3.8) is 0 Å². The molecule has 3 heterocycles. The summed E-state index contributed by atoms with van der Waals surface area (Å²) in [4.78, 5) is 11.7. The maximum atomic E-state index is 13.9. The Bertz CT molecular complexity index is 1610. The van der Waals surface area contributed by atoms with Gasteiger partial charge in [0.2, 0.25) is 0 Å². The van der Waals surface area contributed by atoms with Crippen LogP contribution < -0.4 is 0 Å². The first-order valence-corrected chi connectivity index (χ1v) is 11.3. The van der Waals surface area contributed by atoms with E-state index in [-0.39, 0.29) is 12.2 Å². The molecule has 7 nitrogen and oxygen atoms in total. The molecule has 0 spiro atoms. The predicted molar refractivity (Wildman–Crippen MR) is 133 cm³/mol. The number of hydrogen-bond acceptors (Lipinski definition) is 4. The molecule has 0 fully saturated rings. The Morgan fingerprint density at radius 3 is 2.57 bits per heavy atom. The summed E-state index contributed by atoms with van der Waals surface area (Å²) < 4.78 is 17.6. The van der Waals surface area contributed by atoms with Crippen LogP contribution in [0.25, 0.3) is 38.6 Å². The molecule has 5 rings (SSSR count). The Balaban J connectivity index is 1.94. The summed E-state index contributed by atoms with van der Waals surface area (Å²) in [6.45, 7) is 7.66. The zero-order valence-electron chi connectivity index (χ0n) is 20.0. The number of nitrogens with one attached hydrogen (secondary N) is 1. The average Bonchev–Trinajstić information content (AvgIpc) is 3.55. The molecule has 176 valence electrons. The number of aromatic amines is 1. The zero-order valence-corrected chi connectivity index (χ0v) is 20.0. The number of halogens is 1. The monoisotopic (exact) mass is 468 g/mol. The van der Waals surface area contributed by atoms with E-state index in [0.717, 1.165) is 50.6 Å². The third-order valence-electron chi connectivity index (χ3n) is 6.52. The van der Waals surface area contributed by atoms with Gasteiger partial charge in [-0.2, -0.15) is 15.5 Å². The first-order chi connectivity index (χ1) is 16.7. The van der Waals surface area contributed by atoms with Crippen molar-refractivity contribution < 1.29 is 9.18 Å². The number of benzene rings is 2. The fraction of sp³-hybridized carbons (Fsp3) is 0.259. The standard InChI is InChI=1S/C27H25FN6O/c1-26(2,9-10-29)25-24(18-14-31-33(15-18)27(3,4)16-35)21-12-22-17(13-30-32-22)11-23(21)34(25)20-7-5-19(28)6-8-20/h5-8,11-16H,9H2,1-4H3,(H,30,32). The summed E-state index contributed by atoms with van der Waals surface area (Å²) in [7, 11) is 0. The van der Waals surface area contributed by atoms with Crippen LogP contribution in [0.3, 0.4) is 0 Å². The second kappa shape index (κ2) is 7.91. The fourth-order valence-corrected chi connectivity index (χ4v) is 4.62. The lowest BCUT2D eigenvalue weighted by Gasteiger charge is -2.26. The van der Waals surface area contributed by atoms with Crippen molar-refractivity contribution in [1.29, 1.82) is 5.26 Å². The van der Waals surface area contributed by atoms with E-state index in [1.54, 1.807) is 43.1 Å². The normalized spacial score (nSPS) is 12.3. The van der Waals surface area contributed by atoms with Gasteiger partial charge < -0.3 is 9.36 Å². The van der Waals surface area contributed by atoms with E-state index in [1.165, 1.54) is 12.1 Å². The van der Waals surface area contributed by atoms with Crippen LogP contribution in [0.2, 0.25) is 0 Å². The van der Waals surface area contributed by atoms with Crippen LogP contribution >= 0.6 is 0 Å². The molecule has 0 atom stereocenters. The van der Waals surface area contributed by atoms with E-state index in [2.05, 4.69) is 25.9 Å². The lowest BCUT2D eigenvalue weighted by atomic mass is 9.82. The molecule has 0 radical (unpaired) electrons. The Morgan fingerprint density at radius 2 is 1.89 bits per heavy atom. The van der Waals surface area contributed by atoms with Crippen LogP contribution in [-0.4, -0.2) is 30.8 Å². The summed E-state index contributed by atoms with van der Waals surface area (Å²) in [5.41, 5.74) is 3.83. The summed E-state index contributed by atoms with van der Waals surface area (Å²) in [6, 6.07) is 12.8. The molecule has 0 unspecified atom stereocenters. The fourth-order valence-electron chi connectivity index (χ4n) is 4.62. The second-order valence-corrected chi connectivity index (χ2v) is 10.0. The first-order valence-electron chi connectivity index (χ1n) is 11.3. The number of fused-ring (bicyclic) bond motifs is 2. The lowest BCUT2D eigenvalue weighted by molar-refractivity contribution is -0.114. The molecule has 2 aromatic carbocycles. The highest BCUT2D eigenvalue weighted by Gasteiger charge is 2.33. The molecular weight excluding hydrogens is 443 g/mol. The van der Waals surface area contributed by atoms with E-state index in [0.29, 0.717) is 0 Å². The maximum absolute atomic E-state index is 13.9. The molecule has 5 aromatic rings. The van der Waals surface area contributed by atoms with Gasteiger partial charge in [0, 0.05) is 51.3 Å². The number of carbonyl (C=O) groups is 1. The topological polar surface area (TPSA) is 92.3 Å². The quantitative estimate of drug-likeness (QED) is 0.327. The number of nitrogens with zero attached hydrogens (tertiary/aromatic N) is 5. The summed E-state index contributed by atoms with van der Waals surface area (Å²) >= 11 is 0. The second-order valence-electron chi connectivity index (χ2n) is 10.0. The van der Waals surface area contributed by atoms with Gasteiger partial charge in [-0.15, -0.1) is 0 Å². The Kier molecular flexibility index (Phi) is 5.09. The molecule has 0 amide bonds. The largest absolute Gasteiger partial charge is 0.312 e. The SMILES string of the molecule is CC(C)(CC#N)c1c(-c2cnn(C(C)(C)C=O)c2)c2cc3[nH]ncc3cc2n1-c1ccc(F)cc1. The van der Waals surface area contributed by atoms with Crippen molar-refractivity contribution in [2.75, 3.05) is 0 Å². The number of carbonyl (C=O) groups excluding carboxylic acids is 1. The van der Waals surface area contributed by atoms with E-state index in [9.17, 15) is 14.4 Å². The molecule has 3 aromatic heterocycles. The lowest BCUT2D eigenvalue weighted by Crippen LogP contribution is -2.28. The maximum Gasteiger partial charge on any atom is 0.147 e. The number of rotatable bonds is 6. The molecule has 1 N–H and O–H groups in total. The van der Waals surface area contributed by atoms with E-state index >= 15 is 0 Å². The number of H-pyrrole nitrogens is 1. The summed E-state index contributed by atoms with van der Waals surface area (Å²) in [5.74, 6) is -0.321. The molecular formula is C27H25FN6O. The third kappa shape index (κ3) is 3.60. The smallest absolute Gasteiger partial charge is 0.147 e. The zero-order chi connectivity index (χ0) is 25.0. The van der Waals surface area contributed by atoms with Crippen LogP contribution in [0, 0.1) is 17.1 Å². The highest BCUT2D eigenvalue weighted by atomic mass is 19.1. The Labute approximate surface area is 201 Å². The minimum Gasteiger partial charge on any atom is -0.312 e. The number of aromatic nitrogens is 5. The van der Waals surface area contributed by atoms with Gasteiger partial charge in [-0.25, -0.2) is 4.39 Å². The van der Waals surface area contributed by atoms with Crippen molar-refractivity contribution in [1.82, 2.24) is 24.5 Å². The van der Waals surface area contributed by atoms with Crippen LogP contribution in [0.4, 0.5) is 4.39 Å². The molecule has 8 heteroatoms. The first kappa shape index (κ1) is 22.5. The number of nitriles is 1. The summed E-state index contributed by atoms with van der Waals surface area (Å²) in [5, 5.41) is 23.3. The van der Waals surface area contributed by atoms with Crippen LogP contribution in [0.5, 0.6) is 0 Å². The van der Waals surface area contributed by atoms with Gasteiger partial charge >= 0.3 is 0 Å². The van der Waals surface area contributed by atoms with Gasteiger partial charge in [-0.05, 0) is 50.2 Å².